The van der Waals surface area contributed by atoms with E-state index in [9.17, 15) is 9.90 Å². The largest absolute Gasteiger partial charge is 0.508 e. The monoisotopic (exact) mass is 303 g/mol. The van der Waals surface area contributed by atoms with E-state index in [1.54, 1.807) is 12.1 Å². The Kier molecular flexibility index (Phi) is 5.48. The summed E-state index contributed by atoms with van der Waals surface area (Å²) in [5.41, 5.74) is 0.972. The van der Waals surface area contributed by atoms with Crippen LogP contribution < -0.4 is 5.32 Å². The Morgan fingerprint density at radius 3 is 2.41 bits per heavy atom. The SMILES string of the molecule is CC(C)(C)OC(=O)NCC#Cc1ccc(O)c(C(C)(C)C)c1. The average molecular weight is 303 g/mol. The molecule has 0 saturated carbocycles. The van der Waals surface area contributed by atoms with Crippen molar-refractivity contribution in [2.75, 3.05) is 6.54 Å². The van der Waals surface area contributed by atoms with Gasteiger partial charge in [0.25, 0.3) is 0 Å². The minimum Gasteiger partial charge on any atom is -0.508 e. The Morgan fingerprint density at radius 1 is 1.23 bits per heavy atom. The van der Waals surface area contributed by atoms with Crippen molar-refractivity contribution in [3.63, 3.8) is 0 Å². The number of nitrogens with one attached hydrogen (secondary N) is 1. The molecule has 0 heterocycles. The summed E-state index contributed by atoms with van der Waals surface area (Å²) < 4.78 is 5.12. The van der Waals surface area contributed by atoms with E-state index in [1.807, 2.05) is 47.6 Å². The van der Waals surface area contributed by atoms with Gasteiger partial charge in [-0.2, -0.15) is 0 Å². The van der Waals surface area contributed by atoms with Crippen LogP contribution >= 0.6 is 0 Å². The van der Waals surface area contributed by atoms with Gasteiger partial charge in [-0.15, -0.1) is 0 Å². The van der Waals surface area contributed by atoms with Crippen LogP contribution in [0.25, 0.3) is 0 Å². The third kappa shape index (κ3) is 6.09. The molecule has 0 aliphatic rings. The van der Waals surface area contributed by atoms with Gasteiger partial charge < -0.3 is 15.2 Å². The number of carbonyl (C=O) groups is 1. The summed E-state index contributed by atoms with van der Waals surface area (Å²) in [4.78, 5) is 11.5. The molecule has 4 nitrogen and oxygen atoms in total. The molecule has 1 rings (SSSR count). The summed E-state index contributed by atoms with van der Waals surface area (Å²) in [6.45, 7) is 11.7. The minimum atomic E-state index is -0.518. The topological polar surface area (TPSA) is 58.6 Å². The second kappa shape index (κ2) is 6.74. The summed E-state index contributed by atoms with van der Waals surface area (Å²) in [5.74, 6) is 6.11. The fraction of sp³-hybridized carbons (Fsp3) is 0.500. The van der Waals surface area contributed by atoms with Gasteiger partial charge in [-0.1, -0.05) is 32.6 Å². The van der Waals surface area contributed by atoms with Crippen LogP contribution in [-0.4, -0.2) is 23.3 Å². The Bertz CT molecular complexity index is 595. The van der Waals surface area contributed by atoms with Crippen LogP contribution in [0.2, 0.25) is 0 Å². The molecule has 1 aromatic rings. The highest BCUT2D eigenvalue weighted by molar-refractivity contribution is 5.68. The van der Waals surface area contributed by atoms with Gasteiger partial charge in [0.2, 0.25) is 0 Å². The highest BCUT2D eigenvalue weighted by Gasteiger charge is 2.18. The van der Waals surface area contributed by atoms with E-state index in [-0.39, 0.29) is 17.7 Å². The molecule has 0 radical (unpaired) electrons. The van der Waals surface area contributed by atoms with Crippen LogP contribution in [0.15, 0.2) is 18.2 Å². The fourth-order valence-corrected chi connectivity index (χ4v) is 1.79. The summed E-state index contributed by atoms with van der Waals surface area (Å²) in [7, 11) is 0. The lowest BCUT2D eigenvalue weighted by atomic mass is 9.85. The number of carbonyl (C=O) groups excluding carboxylic acids is 1. The standard InChI is InChI=1S/C18H25NO3/c1-17(2,3)14-12-13(9-10-15(14)20)8-7-11-19-16(21)22-18(4,5)6/h9-10,12,20H,11H2,1-6H3,(H,19,21). The second-order valence-corrected chi connectivity index (χ2v) is 7.14. The van der Waals surface area contributed by atoms with Crippen LogP contribution in [0.3, 0.4) is 0 Å². The van der Waals surface area contributed by atoms with Crippen molar-refractivity contribution in [1.82, 2.24) is 5.32 Å². The van der Waals surface area contributed by atoms with Gasteiger partial charge >= 0.3 is 6.09 Å². The van der Waals surface area contributed by atoms with Crippen molar-refractivity contribution >= 4 is 6.09 Å². The van der Waals surface area contributed by atoms with Crippen molar-refractivity contribution in [3.05, 3.63) is 29.3 Å². The molecule has 0 bridgehead atoms. The van der Waals surface area contributed by atoms with E-state index >= 15 is 0 Å². The number of hydrogen-bond acceptors (Lipinski definition) is 3. The third-order valence-corrected chi connectivity index (χ3v) is 2.76. The molecule has 0 saturated heterocycles. The minimum absolute atomic E-state index is 0.156. The normalized spacial score (nSPS) is 11.4. The van der Waals surface area contributed by atoms with Gasteiger partial charge in [-0.25, -0.2) is 4.79 Å². The molecule has 0 aromatic heterocycles. The van der Waals surface area contributed by atoms with Gasteiger partial charge in [-0.05, 0) is 44.4 Å². The molecule has 0 spiro atoms. The third-order valence-electron chi connectivity index (χ3n) is 2.76. The van der Waals surface area contributed by atoms with E-state index in [0.29, 0.717) is 0 Å². The molecule has 120 valence electrons. The van der Waals surface area contributed by atoms with Crippen molar-refractivity contribution in [2.24, 2.45) is 0 Å². The fourth-order valence-electron chi connectivity index (χ4n) is 1.79. The van der Waals surface area contributed by atoms with E-state index in [4.69, 9.17) is 4.74 Å². The van der Waals surface area contributed by atoms with Crippen molar-refractivity contribution < 1.29 is 14.6 Å². The lowest BCUT2D eigenvalue weighted by molar-refractivity contribution is 0.0535. The van der Waals surface area contributed by atoms with E-state index in [1.165, 1.54) is 0 Å². The van der Waals surface area contributed by atoms with Crippen LogP contribution in [0.5, 0.6) is 5.75 Å². The number of hydrogen-bond donors (Lipinski definition) is 2. The Morgan fingerprint density at radius 2 is 1.86 bits per heavy atom. The molecular weight excluding hydrogens is 278 g/mol. The van der Waals surface area contributed by atoms with Gasteiger partial charge in [0.15, 0.2) is 0 Å². The Labute approximate surface area is 132 Å². The molecular formula is C18H25NO3. The first kappa shape index (κ1) is 17.9. The molecule has 0 atom stereocenters. The number of amides is 1. The number of aromatic hydroxyl groups is 1. The zero-order chi connectivity index (χ0) is 17.0. The molecule has 0 aliphatic heterocycles. The molecule has 0 unspecified atom stereocenters. The van der Waals surface area contributed by atoms with Crippen molar-refractivity contribution in [3.8, 4) is 17.6 Å². The molecule has 0 fully saturated rings. The lowest BCUT2D eigenvalue weighted by Crippen LogP contribution is -2.32. The molecule has 4 heteroatoms. The number of benzene rings is 1. The maximum absolute atomic E-state index is 11.5. The summed E-state index contributed by atoms with van der Waals surface area (Å²) in [6, 6.07) is 5.27. The van der Waals surface area contributed by atoms with Crippen LogP contribution in [0.1, 0.15) is 52.7 Å². The Hall–Kier alpha value is -2.15. The number of rotatable bonds is 1. The first-order valence-corrected chi connectivity index (χ1v) is 7.28. The van der Waals surface area contributed by atoms with Gasteiger partial charge in [0.1, 0.15) is 11.4 Å². The number of phenolic OH excluding ortho intramolecular Hbond substituents is 1. The Balaban J connectivity index is 2.68. The second-order valence-electron chi connectivity index (χ2n) is 7.14. The number of phenols is 1. The smallest absolute Gasteiger partial charge is 0.408 e. The average Bonchev–Trinajstić information content (AvgIpc) is 2.33. The quantitative estimate of drug-likeness (QED) is 0.780. The van der Waals surface area contributed by atoms with Gasteiger partial charge in [0, 0.05) is 11.1 Å². The maximum Gasteiger partial charge on any atom is 0.408 e. The first-order valence-electron chi connectivity index (χ1n) is 7.28. The van der Waals surface area contributed by atoms with Crippen molar-refractivity contribution in [1.29, 1.82) is 0 Å². The summed E-state index contributed by atoms with van der Waals surface area (Å²) in [6.07, 6.45) is -0.483. The number of ether oxygens (including phenoxy) is 1. The molecule has 1 aromatic carbocycles. The zero-order valence-electron chi connectivity index (χ0n) is 14.2. The highest BCUT2D eigenvalue weighted by atomic mass is 16.6. The summed E-state index contributed by atoms with van der Waals surface area (Å²) in [5, 5.41) is 12.5. The maximum atomic E-state index is 11.5. The number of alkyl carbamates (subject to hydrolysis) is 1. The molecule has 1 amide bonds. The van der Waals surface area contributed by atoms with Crippen LogP contribution in [0, 0.1) is 11.8 Å². The molecule has 2 N–H and O–H groups in total. The van der Waals surface area contributed by atoms with Crippen molar-refractivity contribution in [2.45, 2.75) is 52.6 Å². The van der Waals surface area contributed by atoms with E-state index in [0.717, 1.165) is 11.1 Å². The first-order chi connectivity index (χ1) is 9.99. The van der Waals surface area contributed by atoms with Crippen LogP contribution in [-0.2, 0) is 10.2 Å². The zero-order valence-corrected chi connectivity index (χ0v) is 14.2. The van der Waals surface area contributed by atoms with E-state index < -0.39 is 11.7 Å². The predicted octanol–water partition coefficient (Wildman–Crippen LogP) is 3.57. The van der Waals surface area contributed by atoms with E-state index in [2.05, 4.69) is 17.2 Å². The van der Waals surface area contributed by atoms with Gasteiger partial charge in [0.05, 0.1) is 6.54 Å². The van der Waals surface area contributed by atoms with Crippen LogP contribution in [0.4, 0.5) is 4.79 Å². The summed E-state index contributed by atoms with van der Waals surface area (Å²) >= 11 is 0. The predicted molar refractivity (Wildman–Crippen MR) is 87.9 cm³/mol. The van der Waals surface area contributed by atoms with Gasteiger partial charge in [-0.3, -0.25) is 0 Å². The molecule has 0 aliphatic carbocycles. The lowest BCUT2D eigenvalue weighted by Gasteiger charge is -2.20. The molecule has 22 heavy (non-hydrogen) atoms. The highest BCUT2D eigenvalue weighted by Crippen LogP contribution is 2.30.